The molecule has 0 bridgehead atoms. The van der Waals surface area contributed by atoms with Crippen molar-refractivity contribution >= 4 is 14.1 Å². The topological polar surface area (TPSA) is 0 Å². The molecule has 1 heterocycles. The summed E-state index contributed by atoms with van der Waals surface area (Å²) in [4.78, 5) is 0. The van der Waals surface area contributed by atoms with E-state index in [-0.39, 0.29) is 51.0 Å². The summed E-state index contributed by atoms with van der Waals surface area (Å²) in [6.07, 6.45) is 17.4. The predicted molar refractivity (Wildman–Crippen MR) is 88.9 cm³/mol. The Morgan fingerprint density at radius 2 is 1.91 bits per heavy atom. The van der Waals surface area contributed by atoms with E-state index in [1.165, 1.54) is 30.1 Å². The molecule has 1 aliphatic heterocycles. The number of rotatable bonds is 2. The van der Waals surface area contributed by atoms with Gasteiger partial charge in [-0.2, -0.15) is 11.6 Å². The smallest absolute Gasteiger partial charge is 1.00 e. The zero-order valence-electron chi connectivity index (χ0n) is 13.5. The quantitative estimate of drug-likeness (QED) is 0.423. The second-order valence-corrected chi connectivity index (χ2v) is 11.0. The first-order valence-corrected chi connectivity index (χ1v) is 10.5. The molecule has 1 fully saturated rings. The molecule has 3 aliphatic rings. The van der Waals surface area contributed by atoms with Crippen molar-refractivity contribution in [1.29, 1.82) is 0 Å². The van der Waals surface area contributed by atoms with Gasteiger partial charge in [0.1, 0.15) is 0 Å². The van der Waals surface area contributed by atoms with E-state index in [1.807, 2.05) is 12.2 Å². The van der Waals surface area contributed by atoms with E-state index in [4.69, 9.17) is 0 Å². The van der Waals surface area contributed by atoms with Crippen LogP contribution in [-0.4, -0.2) is 8.07 Å². The van der Waals surface area contributed by atoms with E-state index in [1.54, 1.807) is 5.56 Å². The van der Waals surface area contributed by atoms with Crippen molar-refractivity contribution in [3.8, 4) is 0 Å². The van der Waals surface area contributed by atoms with Gasteiger partial charge < -0.3 is 24.8 Å². The molecule has 2 aliphatic carbocycles. The average Bonchev–Trinajstić information content (AvgIpc) is 3.11. The molecule has 0 nitrogen and oxygen atoms in total. The van der Waals surface area contributed by atoms with Crippen LogP contribution in [-0.2, 0) is 26.2 Å². The van der Waals surface area contributed by atoms with Crippen LogP contribution in [0.3, 0.4) is 0 Å². The molecule has 1 unspecified atom stereocenters. The summed E-state index contributed by atoms with van der Waals surface area (Å²) in [5.74, 6) is 0. The molecule has 1 atom stereocenters. The third kappa shape index (κ3) is 5.05. The van der Waals surface area contributed by atoms with Gasteiger partial charge in [0, 0.05) is 8.07 Å². The minimum atomic E-state index is -0.977. The minimum absolute atomic E-state index is 0. The summed E-state index contributed by atoms with van der Waals surface area (Å²) in [5, 5.41) is 0. The zero-order valence-corrected chi connectivity index (χ0v) is 18.5. The van der Waals surface area contributed by atoms with Gasteiger partial charge in [0.05, 0.1) is 0 Å². The molecule has 1 aromatic rings. The molecule has 0 saturated carbocycles. The molecule has 0 spiro atoms. The van der Waals surface area contributed by atoms with E-state index in [9.17, 15) is 0 Å². The van der Waals surface area contributed by atoms with E-state index in [0.29, 0.717) is 5.54 Å². The van der Waals surface area contributed by atoms with Crippen molar-refractivity contribution in [2.75, 3.05) is 0 Å². The van der Waals surface area contributed by atoms with Crippen LogP contribution < -0.4 is 24.8 Å². The summed E-state index contributed by atoms with van der Waals surface area (Å²) in [5.41, 5.74) is 3.72. The summed E-state index contributed by atoms with van der Waals surface area (Å²) in [7, 11) is -0.977. The maximum Gasteiger partial charge on any atom is 4.00 e. The van der Waals surface area contributed by atoms with Crippen LogP contribution in [0.1, 0.15) is 36.4 Å². The Labute approximate surface area is 173 Å². The molecule has 1 saturated heterocycles. The van der Waals surface area contributed by atoms with Gasteiger partial charge >= 0.3 is 26.2 Å². The van der Waals surface area contributed by atoms with Gasteiger partial charge in [0.15, 0.2) is 0 Å². The standard InChI is InChI=1S/C14H17Si.C5H5.2ClH.Zr/c1-2-15(10-5-11-15)14-9-8-12-6-3-4-7-13(12)14;1-2-4-5-3-1;;;/h3-4,6-8,14H,2,5,10-11H2,1H3;1-3H,4H2;2*1H;/q2*-1;;;+4/p-2. The summed E-state index contributed by atoms with van der Waals surface area (Å²) >= 11 is 0. The fourth-order valence-electron chi connectivity index (χ4n) is 3.49. The average molecular weight is 441 g/mol. The molecule has 23 heavy (non-hydrogen) atoms. The first kappa shape index (κ1) is 23.1. The first-order chi connectivity index (χ1) is 9.86. The molecular formula is C19H22Cl2SiZr. The molecular weight excluding hydrogens is 418 g/mol. The summed E-state index contributed by atoms with van der Waals surface area (Å²) in [6.45, 7) is 2.40. The third-order valence-corrected chi connectivity index (χ3v) is 10.8. The molecule has 0 N–H and O–H groups in total. The Morgan fingerprint density at radius 1 is 1.17 bits per heavy atom. The van der Waals surface area contributed by atoms with Gasteiger partial charge in [0.25, 0.3) is 0 Å². The van der Waals surface area contributed by atoms with Crippen molar-refractivity contribution in [2.24, 2.45) is 0 Å². The third-order valence-electron chi connectivity index (χ3n) is 4.96. The van der Waals surface area contributed by atoms with Crippen molar-refractivity contribution in [2.45, 2.75) is 43.4 Å². The molecule has 0 aromatic heterocycles. The van der Waals surface area contributed by atoms with E-state index in [0.717, 1.165) is 6.42 Å². The Balaban J connectivity index is 0.000000529. The maximum absolute atomic E-state index is 3.65. The Morgan fingerprint density at radius 3 is 2.39 bits per heavy atom. The Kier molecular flexibility index (Phi) is 10.9. The Hall–Kier alpha value is 0.120. The van der Waals surface area contributed by atoms with E-state index >= 15 is 0 Å². The predicted octanol–water partition coefficient (Wildman–Crippen LogP) is -0.677. The van der Waals surface area contributed by atoms with Crippen molar-refractivity contribution in [3.63, 3.8) is 0 Å². The zero-order chi connectivity index (χ0) is 13.8. The second kappa shape index (κ2) is 10.9. The normalized spacial score (nSPS) is 20.8. The van der Waals surface area contributed by atoms with Crippen LogP contribution in [0.4, 0.5) is 0 Å². The fraction of sp³-hybridized carbons (Fsp3) is 0.368. The van der Waals surface area contributed by atoms with Crippen molar-refractivity contribution in [3.05, 3.63) is 65.8 Å². The van der Waals surface area contributed by atoms with Gasteiger partial charge in [-0.3, -0.25) is 12.2 Å². The van der Waals surface area contributed by atoms with Crippen molar-refractivity contribution < 1.29 is 51.0 Å². The van der Waals surface area contributed by atoms with Crippen LogP contribution in [0.25, 0.3) is 6.08 Å². The number of allylic oxidation sites excluding steroid dienone is 5. The van der Waals surface area contributed by atoms with Crippen molar-refractivity contribution in [1.82, 2.24) is 0 Å². The van der Waals surface area contributed by atoms with Crippen LogP contribution >= 0.6 is 0 Å². The maximum atomic E-state index is 3.65. The summed E-state index contributed by atoms with van der Waals surface area (Å²) < 4.78 is 0. The molecule has 120 valence electrons. The van der Waals surface area contributed by atoms with Crippen LogP contribution in [0, 0.1) is 12.2 Å². The number of fused-ring (bicyclic) bond motifs is 1. The SMILES string of the molecule is CC[Si]1(C2[C-]=Cc3ccccc32)CCC1.[C-]1=CC=CC1.[Cl-].[Cl-].[Zr+4]. The van der Waals surface area contributed by atoms with Crippen LogP contribution in [0.15, 0.2) is 42.5 Å². The number of hydrogen-bond acceptors (Lipinski definition) is 0. The molecule has 4 rings (SSSR count). The number of benzene rings is 1. The number of halogens is 2. The first-order valence-electron chi connectivity index (χ1n) is 7.76. The van der Waals surface area contributed by atoms with Gasteiger partial charge in [-0.25, -0.2) is 18.2 Å². The molecule has 4 heteroatoms. The number of hydrogen-bond donors (Lipinski definition) is 0. The van der Waals surface area contributed by atoms with Gasteiger partial charge in [-0.1, -0.05) is 55.2 Å². The fourth-order valence-corrected chi connectivity index (χ4v) is 7.81. The monoisotopic (exact) mass is 438 g/mol. The van der Waals surface area contributed by atoms with E-state index in [2.05, 4.69) is 55.5 Å². The van der Waals surface area contributed by atoms with Crippen LogP contribution in [0.5, 0.6) is 0 Å². The second-order valence-electron chi connectivity index (χ2n) is 5.95. The molecule has 0 radical (unpaired) electrons. The summed E-state index contributed by atoms with van der Waals surface area (Å²) in [6, 6.07) is 13.4. The molecule has 0 amide bonds. The molecule has 1 aromatic carbocycles. The minimum Gasteiger partial charge on any atom is -1.00 e. The Bertz CT molecular complexity index is 547. The van der Waals surface area contributed by atoms with Gasteiger partial charge in [-0.15, -0.1) is 18.1 Å². The van der Waals surface area contributed by atoms with Gasteiger partial charge in [-0.05, 0) is 0 Å². The van der Waals surface area contributed by atoms with E-state index < -0.39 is 8.07 Å². The van der Waals surface area contributed by atoms with Gasteiger partial charge in [0.2, 0.25) is 0 Å². The van der Waals surface area contributed by atoms with Crippen LogP contribution in [0.2, 0.25) is 18.1 Å². The largest absolute Gasteiger partial charge is 4.00 e.